The number of anilines is 1. The molecular formula is C34H35ClFN3O4S. The molecule has 4 aromatic rings. The minimum Gasteiger partial charge on any atom is -0.352 e. The van der Waals surface area contributed by atoms with Crippen LogP contribution in [0.15, 0.2) is 108 Å². The smallest absolute Gasteiger partial charge is 0.264 e. The lowest BCUT2D eigenvalue weighted by atomic mass is 10.0. The highest BCUT2D eigenvalue weighted by Gasteiger charge is 2.35. The van der Waals surface area contributed by atoms with Gasteiger partial charge in [0, 0.05) is 29.6 Å². The Balaban J connectivity index is 1.83. The molecule has 4 aromatic carbocycles. The van der Waals surface area contributed by atoms with Gasteiger partial charge in [-0.05, 0) is 68.3 Å². The summed E-state index contributed by atoms with van der Waals surface area (Å²) < 4.78 is 44.1. The maximum Gasteiger partial charge on any atom is 0.264 e. The zero-order valence-corrected chi connectivity index (χ0v) is 26.4. The van der Waals surface area contributed by atoms with Crippen molar-refractivity contribution in [1.29, 1.82) is 0 Å². The number of benzene rings is 4. The molecule has 7 nitrogen and oxygen atoms in total. The largest absolute Gasteiger partial charge is 0.352 e. The van der Waals surface area contributed by atoms with Gasteiger partial charge in [0.1, 0.15) is 18.4 Å². The van der Waals surface area contributed by atoms with Crippen molar-refractivity contribution in [1.82, 2.24) is 10.2 Å². The third kappa shape index (κ3) is 8.03. The molecule has 4 rings (SSSR count). The first-order valence-electron chi connectivity index (χ1n) is 14.2. The highest BCUT2D eigenvalue weighted by atomic mass is 35.5. The summed E-state index contributed by atoms with van der Waals surface area (Å²) in [4.78, 5) is 29.4. The number of rotatable bonds is 12. The molecule has 230 valence electrons. The van der Waals surface area contributed by atoms with Crippen LogP contribution < -0.4 is 9.62 Å². The predicted molar refractivity (Wildman–Crippen MR) is 171 cm³/mol. The van der Waals surface area contributed by atoms with Crippen molar-refractivity contribution in [2.75, 3.05) is 10.8 Å². The first-order valence-corrected chi connectivity index (χ1v) is 16.0. The van der Waals surface area contributed by atoms with Gasteiger partial charge in [0.25, 0.3) is 10.0 Å². The number of hydrogen-bond donors (Lipinski definition) is 1. The molecule has 2 amide bonds. The van der Waals surface area contributed by atoms with Gasteiger partial charge in [-0.1, -0.05) is 78.3 Å². The Labute approximate surface area is 263 Å². The van der Waals surface area contributed by atoms with Gasteiger partial charge in [0.2, 0.25) is 11.8 Å². The molecule has 0 spiro atoms. The van der Waals surface area contributed by atoms with Crippen molar-refractivity contribution in [3.05, 3.63) is 131 Å². The van der Waals surface area contributed by atoms with E-state index in [0.717, 1.165) is 9.87 Å². The van der Waals surface area contributed by atoms with E-state index in [0.29, 0.717) is 10.6 Å². The SMILES string of the molecule is Cc1cc(Cl)ccc1N(CC(=O)N(Cc1ccccc1F)C(Cc1ccccc1)C(=O)NC(C)C)S(=O)(=O)c1ccccc1. The summed E-state index contributed by atoms with van der Waals surface area (Å²) in [5, 5.41) is 3.29. The lowest BCUT2D eigenvalue weighted by Crippen LogP contribution is -2.54. The molecule has 1 N–H and O–H groups in total. The number of sulfonamides is 1. The molecule has 0 fully saturated rings. The molecule has 1 unspecified atom stereocenters. The van der Waals surface area contributed by atoms with Crippen molar-refractivity contribution in [3.63, 3.8) is 0 Å². The van der Waals surface area contributed by atoms with E-state index in [2.05, 4.69) is 5.32 Å². The van der Waals surface area contributed by atoms with E-state index in [1.54, 1.807) is 63.2 Å². The maximum atomic E-state index is 15.0. The van der Waals surface area contributed by atoms with Gasteiger partial charge >= 0.3 is 0 Å². The molecule has 0 radical (unpaired) electrons. The van der Waals surface area contributed by atoms with E-state index in [-0.39, 0.29) is 35.2 Å². The second-order valence-electron chi connectivity index (χ2n) is 10.7. The maximum absolute atomic E-state index is 15.0. The molecule has 10 heteroatoms. The Kier molecular flexibility index (Phi) is 10.8. The van der Waals surface area contributed by atoms with Gasteiger partial charge in [0.05, 0.1) is 10.6 Å². The molecule has 0 saturated carbocycles. The second kappa shape index (κ2) is 14.5. The van der Waals surface area contributed by atoms with Crippen LogP contribution >= 0.6 is 11.6 Å². The van der Waals surface area contributed by atoms with Crippen LogP contribution in [0.4, 0.5) is 10.1 Å². The number of halogens is 2. The lowest BCUT2D eigenvalue weighted by Gasteiger charge is -2.34. The van der Waals surface area contributed by atoms with Crippen molar-refractivity contribution in [3.8, 4) is 0 Å². The number of hydrogen-bond acceptors (Lipinski definition) is 4. The van der Waals surface area contributed by atoms with Crippen LogP contribution in [-0.4, -0.2) is 43.8 Å². The molecule has 0 heterocycles. The molecule has 0 aliphatic rings. The molecule has 0 saturated heterocycles. The van der Waals surface area contributed by atoms with Crippen molar-refractivity contribution in [2.24, 2.45) is 0 Å². The van der Waals surface area contributed by atoms with Crippen molar-refractivity contribution >= 4 is 39.1 Å². The van der Waals surface area contributed by atoms with E-state index in [9.17, 15) is 22.4 Å². The van der Waals surface area contributed by atoms with Crippen LogP contribution in [0.3, 0.4) is 0 Å². The standard InChI is InChI=1S/C34H35ClFN3O4S/c1-24(2)37-34(41)32(21-26-12-6-4-7-13-26)38(22-27-14-10-11-17-30(27)36)33(40)23-39(31-19-18-28(35)20-25(31)3)44(42,43)29-15-8-5-9-16-29/h4-20,24,32H,21-23H2,1-3H3,(H,37,41). The molecule has 0 aliphatic carbocycles. The summed E-state index contributed by atoms with van der Waals surface area (Å²) in [6, 6.07) is 26.3. The average Bonchev–Trinajstić information content (AvgIpc) is 2.99. The number of nitrogens with one attached hydrogen (secondary N) is 1. The Bertz CT molecular complexity index is 1700. The highest BCUT2D eigenvalue weighted by molar-refractivity contribution is 7.92. The summed E-state index contributed by atoms with van der Waals surface area (Å²) in [5.41, 5.74) is 1.76. The third-order valence-electron chi connectivity index (χ3n) is 7.04. The monoisotopic (exact) mass is 635 g/mol. The molecule has 44 heavy (non-hydrogen) atoms. The fraction of sp³-hybridized carbons (Fsp3) is 0.235. The summed E-state index contributed by atoms with van der Waals surface area (Å²) in [7, 11) is -4.25. The summed E-state index contributed by atoms with van der Waals surface area (Å²) in [6.45, 7) is 4.41. The molecule has 1 atom stereocenters. The number of carbonyl (C=O) groups excluding carboxylic acids is 2. The zero-order valence-electron chi connectivity index (χ0n) is 24.8. The summed E-state index contributed by atoms with van der Waals surface area (Å²) in [6.07, 6.45) is 0.130. The normalized spacial score (nSPS) is 12.0. The van der Waals surface area contributed by atoms with E-state index >= 15 is 0 Å². The Morgan fingerprint density at radius 3 is 2.11 bits per heavy atom. The van der Waals surface area contributed by atoms with Gasteiger partial charge in [-0.2, -0.15) is 0 Å². The predicted octanol–water partition coefficient (Wildman–Crippen LogP) is 6.15. The van der Waals surface area contributed by atoms with Gasteiger partial charge in [-0.25, -0.2) is 12.8 Å². The molecule has 0 aromatic heterocycles. The fourth-order valence-electron chi connectivity index (χ4n) is 4.88. The third-order valence-corrected chi connectivity index (χ3v) is 9.05. The summed E-state index contributed by atoms with van der Waals surface area (Å²) >= 11 is 6.19. The minimum absolute atomic E-state index is 0.0128. The average molecular weight is 636 g/mol. The van der Waals surface area contributed by atoms with Crippen LogP contribution in [0, 0.1) is 12.7 Å². The van der Waals surface area contributed by atoms with E-state index in [1.807, 2.05) is 30.3 Å². The van der Waals surface area contributed by atoms with Crippen molar-refractivity contribution in [2.45, 2.75) is 50.7 Å². The van der Waals surface area contributed by atoms with Crippen LogP contribution in [0.2, 0.25) is 5.02 Å². The Hall–Kier alpha value is -4.21. The number of amides is 2. The zero-order chi connectivity index (χ0) is 31.9. The molecule has 0 aliphatic heterocycles. The van der Waals surface area contributed by atoms with Gasteiger partial charge in [-0.3, -0.25) is 13.9 Å². The van der Waals surface area contributed by atoms with Gasteiger partial charge in [-0.15, -0.1) is 0 Å². The minimum atomic E-state index is -4.25. The van der Waals surface area contributed by atoms with E-state index < -0.39 is 40.2 Å². The number of carbonyl (C=O) groups is 2. The quantitative estimate of drug-likeness (QED) is 0.202. The highest BCUT2D eigenvalue weighted by Crippen LogP contribution is 2.29. The Morgan fingerprint density at radius 1 is 0.886 bits per heavy atom. The molecular weight excluding hydrogens is 601 g/mol. The first kappa shape index (κ1) is 32.7. The van der Waals surface area contributed by atoms with Crippen LogP contribution in [-0.2, 0) is 32.6 Å². The van der Waals surface area contributed by atoms with E-state index in [1.165, 1.54) is 35.2 Å². The van der Waals surface area contributed by atoms with Gasteiger partial charge in [0.15, 0.2) is 0 Å². The lowest BCUT2D eigenvalue weighted by molar-refractivity contribution is -0.140. The number of nitrogens with zero attached hydrogens (tertiary/aromatic N) is 2. The summed E-state index contributed by atoms with van der Waals surface area (Å²) in [5.74, 6) is -1.66. The number of aryl methyl sites for hydroxylation is 1. The Morgan fingerprint density at radius 2 is 1.50 bits per heavy atom. The van der Waals surface area contributed by atoms with E-state index in [4.69, 9.17) is 11.6 Å². The van der Waals surface area contributed by atoms with Crippen LogP contribution in [0.25, 0.3) is 0 Å². The van der Waals surface area contributed by atoms with Gasteiger partial charge < -0.3 is 10.2 Å². The van der Waals surface area contributed by atoms with Crippen LogP contribution in [0.5, 0.6) is 0 Å². The fourth-order valence-corrected chi connectivity index (χ4v) is 6.60. The van der Waals surface area contributed by atoms with Crippen LogP contribution in [0.1, 0.15) is 30.5 Å². The topological polar surface area (TPSA) is 86.8 Å². The van der Waals surface area contributed by atoms with Crippen molar-refractivity contribution < 1.29 is 22.4 Å². The second-order valence-corrected chi connectivity index (χ2v) is 13.0. The first-order chi connectivity index (χ1) is 21.0. The molecule has 0 bridgehead atoms.